The van der Waals surface area contributed by atoms with E-state index in [1.54, 1.807) is 0 Å². The fourth-order valence-electron chi connectivity index (χ4n) is 7.48. The summed E-state index contributed by atoms with van der Waals surface area (Å²) in [6, 6.07) is 38.5. The Bertz CT molecular complexity index is 2030. The molecule has 0 saturated heterocycles. The van der Waals surface area contributed by atoms with Crippen molar-refractivity contribution < 1.29 is 0 Å². The van der Waals surface area contributed by atoms with Crippen LogP contribution in [0.2, 0.25) is 0 Å². The van der Waals surface area contributed by atoms with E-state index in [4.69, 9.17) is 20.0 Å². The van der Waals surface area contributed by atoms with E-state index in [0.717, 1.165) is 56.7 Å². The maximum Gasteiger partial charge on any atom is 0.160 e. The van der Waals surface area contributed by atoms with Crippen molar-refractivity contribution in [2.45, 2.75) is 91.4 Å². The summed E-state index contributed by atoms with van der Waals surface area (Å²) in [4.78, 5) is 25.2. The Labute approximate surface area is 297 Å². The Morgan fingerprint density at radius 1 is 0.420 bits per heavy atom. The maximum absolute atomic E-state index is 5.22. The second kappa shape index (κ2) is 11.8. The van der Waals surface area contributed by atoms with E-state index in [1.807, 2.05) is 6.07 Å². The molecule has 0 saturated carbocycles. The molecule has 2 aliphatic heterocycles. The van der Waals surface area contributed by atoms with Crippen molar-refractivity contribution in [1.82, 2.24) is 9.97 Å². The van der Waals surface area contributed by atoms with Crippen molar-refractivity contribution in [3.63, 3.8) is 0 Å². The molecule has 0 amide bonds. The van der Waals surface area contributed by atoms with Crippen LogP contribution in [0.3, 0.4) is 0 Å². The topological polar surface area (TPSA) is 57.0 Å². The number of hydrogen-bond donors (Lipinski definition) is 0. The van der Waals surface area contributed by atoms with Gasteiger partial charge in [-0.05, 0) is 111 Å². The van der Waals surface area contributed by atoms with Crippen LogP contribution < -0.4 is 9.80 Å². The average molecular weight is 661 g/mol. The van der Waals surface area contributed by atoms with Crippen molar-refractivity contribution in [3.05, 3.63) is 109 Å². The lowest BCUT2D eigenvalue weighted by atomic mass is 9.83. The minimum atomic E-state index is -0.221. The minimum absolute atomic E-state index is 0.196. The Kier molecular flexibility index (Phi) is 7.85. The summed E-state index contributed by atoms with van der Waals surface area (Å²) in [5.41, 5.74) is 8.48. The highest BCUT2D eigenvalue weighted by molar-refractivity contribution is 6.01. The van der Waals surface area contributed by atoms with Crippen LogP contribution in [0.1, 0.15) is 69.2 Å². The fourth-order valence-corrected chi connectivity index (χ4v) is 7.48. The molecule has 0 N–H and O–H groups in total. The largest absolute Gasteiger partial charge is 0.322 e. The van der Waals surface area contributed by atoms with E-state index >= 15 is 0 Å². The molecule has 2 aliphatic rings. The Hall–Kier alpha value is -5.10. The molecular weight excluding hydrogens is 613 g/mol. The molecule has 0 fully saturated rings. The van der Waals surface area contributed by atoms with Gasteiger partial charge in [0.2, 0.25) is 0 Å². The first-order chi connectivity index (χ1) is 23.6. The lowest BCUT2D eigenvalue weighted by Gasteiger charge is -2.41. The predicted molar refractivity (Wildman–Crippen MR) is 211 cm³/mol. The van der Waals surface area contributed by atoms with E-state index in [0.29, 0.717) is 5.82 Å². The van der Waals surface area contributed by atoms with Gasteiger partial charge in [0.05, 0.1) is 33.5 Å². The first-order valence-corrected chi connectivity index (χ1v) is 17.6. The second-order valence-electron chi connectivity index (χ2n) is 15.7. The predicted octanol–water partition coefficient (Wildman–Crippen LogP) is 10.7. The molecule has 50 heavy (non-hydrogen) atoms. The third-order valence-electron chi connectivity index (χ3n) is 11.4. The van der Waals surface area contributed by atoms with Gasteiger partial charge in [-0.1, -0.05) is 78.9 Å². The lowest BCUT2D eigenvalue weighted by molar-refractivity contribution is 0.338. The van der Waals surface area contributed by atoms with Gasteiger partial charge in [-0.25, -0.2) is 9.97 Å². The molecule has 0 unspecified atom stereocenters. The minimum Gasteiger partial charge on any atom is -0.322 e. The first-order valence-electron chi connectivity index (χ1n) is 17.6. The summed E-state index contributed by atoms with van der Waals surface area (Å²) in [6.45, 7) is 22.1. The summed E-state index contributed by atoms with van der Waals surface area (Å²) in [5.74, 6) is 2.72. The molecule has 0 radical (unpaired) electrons. The van der Waals surface area contributed by atoms with E-state index in [1.165, 1.54) is 5.56 Å². The molecule has 254 valence electrons. The molecular formula is C44H48N6. The van der Waals surface area contributed by atoms with Gasteiger partial charge in [-0.15, -0.1) is 0 Å². The van der Waals surface area contributed by atoms with Crippen molar-refractivity contribution >= 4 is 23.0 Å². The summed E-state index contributed by atoms with van der Waals surface area (Å²) >= 11 is 0. The van der Waals surface area contributed by atoms with Crippen molar-refractivity contribution in [3.8, 4) is 45.0 Å². The highest BCUT2D eigenvalue weighted by atomic mass is 15.3. The van der Waals surface area contributed by atoms with Crippen LogP contribution in [0.5, 0.6) is 0 Å². The number of hydrogen-bond acceptors (Lipinski definition) is 6. The lowest BCUT2D eigenvalue weighted by Crippen LogP contribution is -2.53. The number of aromatic nitrogens is 2. The van der Waals surface area contributed by atoms with Crippen LogP contribution in [0.25, 0.3) is 45.0 Å². The standard InChI is InChI=1S/C44H48N6/c1-29-47-41(3,4)43(7,8)49(29)36-20-14-18-34(26-36)38-28-39(35-19-15-21-37(27-35)50-30(2)48-42(5,6)44(50,9)10)46-40(45-38)33-24-22-32(23-25-33)31-16-12-11-13-17-31/h11-28H,1-10H3. The number of nitrogens with zero attached hydrogens (tertiary/aromatic N) is 6. The summed E-state index contributed by atoms with van der Waals surface area (Å²) in [6.07, 6.45) is 0. The SMILES string of the molecule is CC1=NC(C)(C)C(C)(C)N1c1cccc(-c2cc(-c3cccc(N4C(C)=NC(C)(C)C4(C)C)c3)nc(-c3ccc(-c4ccccc4)cc3)n2)c1. The van der Waals surface area contributed by atoms with Gasteiger partial charge in [0, 0.05) is 28.1 Å². The van der Waals surface area contributed by atoms with Gasteiger partial charge in [0.1, 0.15) is 11.7 Å². The molecule has 5 aromatic rings. The molecule has 1 aromatic heterocycles. The summed E-state index contributed by atoms with van der Waals surface area (Å²) < 4.78 is 0. The van der Waals surface area contributed by atoms with Crippen molar-refractivity contribution in [2.75, 3.05) is 9.80 Å². The Morgan fingerprint density at radius 3 is 1.24 bits per heavy atom. The molecule has 6 nitrogen and oxygen atoms in total. The van der Waals surface area contributed by atoms with Gasteiger partial charge in [0.25, 0.3) is 0 Å². The normalized spacial score (nSPS) is 18.6. The molecule has 4 aromatic carbocycles. The monoisotopic (exact) mass is 660 g/mol. The van der Waals surface area contributed by atoms with Crippen LogP contribution in [0.15, 0.2) is 119 Å². The number of aliphatic imine (C=N–C) groups is 2. The van der Waals surface area contributed by atoms with Crippen LogP contribution >= 0.6 is 0 Å². The number of rotatable bonds is 6. The first kappa shape index (κ1) is 33.4. The van der Waals surface area contributed by atoms with E-state index < -0.39 is 0 Å². The molecule has 3 heterocycles. The third kappa shape index (κ3) is 5.51. The Balaban J connectivity index is 1.35. The smallest absolute Gasteiger partial charge is 0.160 e. The van der Waals surface area contributed by atoms with E-state index in [2.05, 4.69) is 182 Å². The summed E-state index contributed by atoms with van der Waals surface area (Å²) in [7, 11) is 0. The fraction of sp³-hybridized carbons (Fsp3) is 0.318. The van der Waals surface area contributed by atoms with Gasteiger partial charge in [-0.2, -0.15) is 0 Å². The second-order valence-corrected chi connectivity index (χ2v) is 15.7. The Morgan fingerprint density at radius 2 is 0.820 bits per heavy atom. The van der Waals surface area contributed by atoms with Crippen LogP contribution in [-0.4, -0.2) is 43.8 Å². The average Bonchev–Trinajstić information content (AvgIpc) is 3.36. The van der Waals surface area contributed by atoms with Gasteiger partial charge in [0.15, 0.2) is 5.82 Å². The zero-order valence-electron chi connectivity index (χ0n) is 31.1. The molecule has 6 heteroatoms. The zero-order valence-corrected chi connectivity index (χ0v) is 31.1. The van der Waals surface area contributed by atoms with E-state index in [9.17, 15) is 0 Å². The van der Waals surface area contributed by atoms with Gasteiger partial charge >= 0.3 is 0 Å². The molecule has 0 atom stereocenters. The molecule has 0 bridgehead atoms. The molecule has 7 rings (SSSR count). The van der Waals surface area contributed by atoms with Crippen LogP contribution in [0.4, 0.5) is 11.4 Å². The maximum atomic E-state index is 5.22. The van der Waals surface area contributed by atoms with Crippen molar-refractivity contribution in [1.29, 1.82) is 0 Å². The number of benzene rings is 4. The highest BCUT2D eigenvalue weighted by Gasteiger charge is 2.49. The number of anilines is 2. The third-order valence-corrected chi connectivity index (χ3v) is 11.4. The van der Waals surface area contributed by atoms with Crippen molar-refractivity contribution in [2.24, 2.45) is 9.98 Å². The summed E-state index contributed by atoms with van der Waals surface area (Å²) in [5, 5.41) is 0. The molecule has 0 spiro atoms. The quantitative estimate of drug-likeness (QED) is 0.182. The zero-order chi connectivity index (χ0) is 35.6. The molecule has 0 aliphatic carbocycles. The van der Waals surface area contributed by atoms with Gasteiger partial charge in [-0.3, -0.25) is 9.98 Å². The number of amidine groups is 2. The van der Waals surface area contributed by atoms with Crippen LogP contribution in [0, 0.1) is 0 Å². The highest BCUT2D eigenvalue weighted by Crippen LogP contribution is 2.43. The van der Waals surface area contributed by atoms with E-state index in [-0.39, 0.29) is 22.2 Å². The van der Waals surface area contributed by atoms with Crippen LogP contribution in [-0.2, 0) is 0 Å². The van der Waals surface area contributed by atoms with Gasteiger partial charge < -0.3 is 9.80 Å².